The SMILES string of the molecule is CC(C)NC(=O)Cn1c(-c2cccc(Cl)c2)cn2cc(OC3CCNCC3)cc2c1=O. The largest absolute Gasteiger partial charge is 0.489 e. The van der Waals surface area contributed by atoms with E-state index in [-0.39, 0.29) is 30.2 Å². The number of ether oxygens (including phenoxy) is 1. The van der Waals surface area contributed by atoms with E-state index in [1.54, 1.807) is 22.6 Å². The number of hydrogen-bond acceptors (Lipinski definition) is 4. The lowest BCUT2D eigenvalue weighted by atomic mass is 10.1. The van der Waals surface area contributed by atoms with Gasteiger partial charge >= 0.3 is 0 Å². The van der Waals surface area contributed by atoms with Crippen molar-refractivity contribution in [2.45, 2.75) is 45.4 Å². The third kappa shape index (κ3) is 4.94. The summed E-state index contributed by atoms with van der Waals surface area (Å²) in [4.78, 5) is 25.9. The maximum Gasteiger partial charge on any atom is 0.275 e. The second-order valence-corrected chi connectivity index (χ2v) is 8.61. The number of nitrogens with one attached hydrogen (secondary N) is 2. The number of halogens is 1. The van der Waals surface area contributed by atoms with Gasteiger partial charge in [0.15, 0.2) is 0 Å². The van der Waals surface area contributed by atoms with E-state index in [0.717, 1.165) is 31.5 Å². The van der Waals surface area contributed by atoms with Gasteiger partial charge in [-0.2, -0.15) is 0 Å². The number of fused-ring (bicyclic) bond motifs is 1. The van der Waals surface area contributed by atoms with Crippen LogP contribution in [0.25, 0.3) is 16.8 Å². The van der Waals surface area contributed by atoms with Crippen LogP contribution >= 0.6 is 11.6 Å². The first-order chi connectivity index (χ1) is 14.9. The second-order valence-electron chi connectivity index (χ2n) is 8.17. The number of benzene rings is 1. The molecular formula is C23H27ClN4O3. The Morgan fingerprint density at radius 3 is 2.74 bits per heavy atom. The molecule has 0 bridgehead atoms. The van der Waals surface area contributed by atoms with Gasteiger partial charge in [-0.15, -0.1) is 0 Å². The number of carbonyl (C=O) groups is 1. The van der Waals surface area contributed by atoms with E-state index in [9.17, 15) is 9.59 Å². The molecule has 7 nitrogen and oxygen atoms in total. The number of carbonyl (C=O) groups excluding carboxylic acids is 1. The molecule has 1 aliphatic heterocycles. The third-order valence-electron chi connectivity index (χ3n) is 5.30. The highest BCUT2D eigenvalue weighted by molar-refractivity contribution is 6.30. The molecule has 3 heterocycles. The van der Waals surface area contributed by atoms with Gasteiger partial charge in [0.05, 0.1) is 11.9 Å². The number of aromatic nitrogens is 2. The van der Waals surface area contributed by atoms with Crippen LogP contribution in [0.3, 0.4) is 0 Å². The predicted octanol–water partition coefficient (Wildman–Crippen LogP) is 3.08. The number of nitrogens with zero attached hydrogens (tertiary/aromatic N) is 2. The summed E-state index contributed by atoms with van der Waals surface area (Å²) in [5.41, 5.74) is 1.59. The molecule has 1 fully saturated rings. The van der Waals surface area contributed by atoms with Crippen molar-refractivity contribution in [1.82, 2.24) is 19.6 Å². The van der Waals surface area contributed by atoms with Crippen LogP contribution in [0.4, 0.5) is 0 Å². The van der Waals surface area contributed by atoms with E-state index >= 15 is 0 Å². The summed E-state index contributed by atoms with van der Waals surface area (Å²) in [6.07, 6.45) is 5.66. The average molecular weight is 443 g/mol. The fourth-order valence-corrected chi connectivity index (χ4v) is 4.09. The summed E-state index contributed by atoms with van der Waals surface area (Å²) in [6, 6.07) is 9.00. The van der Waals surface area contributed by atoms with Gasteiger partial charge in [0.25, 0.3) is 5.56 Å². The summed E-state index contributed by atoms with van der Waals surface area (Å²) in [7, 11) is 0. The molecule has 2 N–H and O–H groups in total. The smallest absolute Gasteiger partial charge is 0.275 e. The van der Waals surface area contributed by atoms with Crippen molar-refractivity contribution in [2.24, 2.45) is 0 Å². The third-order valence-corrected chi connectivity index (χ3v) is 5.54. The Morgan fingerprint density at radius 1 is 1.26 bits per heavy atom. The van der Waals surface area contributed by atoms with E-state index in [1.165, 1.54) is 4.57 Å². The first-order valence-electron chi connectivity index (χ1n) is 10.6. The molecular weight excluding hydrogens is 416 g/mol. The standard InChI is InChI=1S/C23H27ClN4O3/c1-15(2)26-22(29)14-28-21(16-4-3-5-17(24)10-16)13-27-12-19(11-20(27)23(28)30)31-18-6-8-25-9-7-18/h3-5,10-13,15,18,25H,6-9,14H2,1-2H3,(H,26,29). The van der Waals surface area contributed by atoms with Crippen LogP contribution in [-0.2, 0) is 11.3 Å². The molecule has 0 spiro atoms. The van der Waals surface area contributed by atoms with Crippen LogP contribution in [-0.4, -0.2) is 40.1 Å². The lowest BCUT2D eigenvalue weighted by Gasteiger charge is -2.22. The van der Waals surface area contributed by atoms with Gasteiger partial charge in [0, 0.05) is 28.9 Å². The molecule has 2 aromatic heterocycles. The maximum atomic E-state index is 13.4. The van der Waals surface area contributed by atoms with Crippen molar-refractivity contribution in [1.29, 1.82) is 0 Å². The van der Waals surface area contributed by atoms with Crippen molar-refractivity contribution in [3.8, 4) is 17.0 Å². The Balaban J connectivity index is 1.77. The molecule has 3 aromatic rings. The molecule has 4 rings (SSSR count). The second kappa shape index (κ2) is 9.16. The van der Waals surface area contributed by atoms with E-state index in [4.69, 9.17) is 16.3 Å². The number of amides is 1. The lowest BCUT2D eigenvalue weighted by Crippen LogP contribution is -2.36. The number of hydrogen-bond donors (Lipinski definition) is 2. The van der Waals surface area contributed by atoms with Crippen LogP contribution < -0.4 is 20.9 Å². The van der Waals surface area contributed by atoms with Crippen LogP contribution in [0, 0.1) is 0 Å². The summed E-state index contributed by atoms with van der Waals surface area (Å²) >= 11 is 6.19. The highest BCUT2D eigenvalue weighted by Crippen LogP contribution is 2.25. The van der Waals surface area contributed by atoms with Crippen LogP contribution in [0.15, 0.2) is 47.5 Å². The van der Waals surface area contributed by atoms with E-state index in [1.807, 2.05) is 38.4 Å². The molecule has 1 saturated heterocycles. The Kier molecular flexibility index (Phi) is 6.34. The normalized spacial score (nSPS) is 14.8. The Labute approximate surface area is 186 Å². The monoisotopic (exact) mass is 442 g/mol. The van der Waals surface area contributed by atoms with Gasteiger partial charge in [-0.1, -0.05) is 23.7 Å². The molecule has 1 aromatic carbocycles. The van der Waals surface area contributed by atoms with Gasteiger partial charge < -0.3 is 19.8 Å². The average Bonchev–Trinajstić information content (AvgIpc) is 3.13. The van der Waals surface area contributed by atoms with Crippen LogP contribution in [0.5, 0.6) is 5.75 Å². The molecule has 31 heavy (non-hydrogen) atoms. The first-order valence-corrected chi connectivity index (χ1v) is 11.0. The zero-order valence-corrected chi connectivity index (χ0v) is 18.5. The van der Waals surface area contributed by atoms with Crippen LogP contribution in [0.1, 0.15) is 26.7 Å². The van der Waals surface area contributed by atoms with Gasteiger partial charge in [0.2, 0.25) is 5.91 Å². The van der Waals surface area contributed by atoms with Crippen molar-refractivity contribution in [3.05, 3.63) is 58.1 Å². The highest BCUT2D eigenvalue weighted by Gasteiger charge is 2.19. The molecule has 1 amide bonds. The molecule has 0 aliphatic carbocycles. The molecule has 0 atom stereocenters. The van der Waals surface area contributed by atoms with Gasteiger partial charge in [-0.05, 0) is 51.9 Å². The molecule has 0 radical (unpaired) electrons. The minimum Gasteiger partial charge on any atom is -0.489 e. The summed E-state index contributed by atoms with van der Waals surface area (Å²) < 4.78 is 9.39. The van der Waals surface area contributed by atoms with E-state index in [0.29, 0.717) is 22.0 Å². The summed E-state index contributed by atoms with van der Waals surface area (Å²) in [5.74, 6) is 0.438. The van der Waals surface area contributed by atoms with Crippen molar-refractivity contribution in [2.75, 3.05) is 13.1 Å². The minimum atomic E-state index is -0.253. The number of rotatable bonds is 6. The topological polar surface area (TPSA) is 76.8 Å². The molecule has 164 valence electrons. The van der Waals surface area contributed by atoms with E-state index < -0.39 is 0 Å². The fourth-order valence-electron chi connectivity index (χ4n) is 3.90. The van der Waals surface area contributed by atoms with Gasteiger partial charge in [-0.3, -0.25) is 14.2 Å². The predicted molar refractivity (Wildman–Crippen MR) is 122 cm³/mol. The maximum absolute atomic E-state index is 13.4. The summed E-state index contributed by atoms with van der Waals surface area (Å²) in [5, 5.41) is 6.73. The molecule has 8 heteroatoms. The van der Waals surface area contributed by atoms with E-state index in [2.05, 4.69) is 10.6 Å². The van der Waals surface area contributed by atoms with Gasteiger partial charge in [-0.25, -0.2) is 0 Å². The first kappa shape index (κ1) is 21.5. The minimum absolute atomic E-state index is 0.0140. The highest BCUT2D eigenvalue weighted by atomic mass is 35.5. The molecule has 0 saturated carbocycles. The zero-order chi connectivity index (χ0) is 22.0. The Morgan fingerprint density at radius 2 is 2.03 bits per heavy atom. The van der Waals surface area contributed by atoms with Crippen molar-refractivity contribution < 1.29 is 9.53 Å². The summed E-state index contributed by atoms with van der Waals surface area (Å²) in [6.45, 7) is 5.55. The van der Waals surface area contributed by atoms with Crippen molar-refractivity contribution >= 4 is 23.0 Å². The Hall–Kier alpha value is -2.77. The molecule has 0 unspecified atom stereocenters. The quantitative estimate of drug-likeness (QED) is 0.615. The Bertz CT molecular complexity index is 1150. The van der Waals surface area contributed by atoms with Crippen LogP contribution in [0.2, 0.25) is 5.02 Å². The fraction of sp³-hybridized carbons (Fsp3) is 0.391. The molecule has 1 aliphatic rings. The lowest BCUT2D eigenvalue weighted by molar-refractivity contribution is -0.122. The van der Waals surface area contributed by atoms with Gasteiger partial charge in [0.1, 0.15) is 23.9 Å². The van der Waals surface area contributed by atoms with Crippen molar-refractivity contribution in [3.63, 3.8) is 0 Å². The zero-order valence-electron chi connectivity index (χ0n) is 17.7. The number of piperidine rings is 1.